The predicted octanol–water partition coefficient (Wildman–Crippen LogP) is 3.60. The molecule has 1 aromatic rings. The zero-order chi connectivity index (χ0) is 15.9. The first-order chi connectivity index (χ1) is 10.6. The van der Waals surface area contributed by atoms with Crippen LogP contribution in [-0.2, 0) is 0 Å². The Labute approximate surface area is 138 Å². The smallest absolute Gasteiger partial charge is 0.321 e. The topological polar surface area (TPSA) is 35.6 Å². The minimum Gasteiger partial charge on any atom is -0.324 e. The number of carbonyl (C=O) groups is 1. The Bertz CT molecular complexity index is 495. The van der Waals surface area contributed by atoms with E-state index in [4.69, 9.17) is 0 Å². The van der Waals surface area contributed by atoms with Crippen molar-refractivity contribution in [3.05, 3.63) is 24.3 Å². The normalized spacial score (nSPS) is 18.0. The van der Waals surface area contributed by atoms with Crippen LogP contribution >= 0.6 is 11.8 Å². The molecule has 1 aliphatic rings. The van der Waals surface area contributed by atoms with Crippen LogP contribution in [0.1, 0.15) is 20.3 Å². The van der Waals surface area contributed by atoms with Gasteiger partial charge in [-0.2, -0.15) is 0 Å². The second-order valence-corrected chi connectivity index (χ2v) is 7.12. The third kappa shape index (κ3) is 4.65. The number of thioether (sulfide) groups is 1. The number of para-hydroxylation sites is 1. The van der Waals surface area contributed by atoms with Gasteiger partial charge >= 0.3 is 6.03 Å². The van der Waals surface area contributed by atoms with Gasteiger partial charge in [-0.15, -0.1) is 11.8 Å². The Morgan fingerprint density at radius 2 is 2.18 bits per heavy atom. The molecule has 2 rings (SSSR count). The molecule has 1 fully saturated rings. The van der Waals surface area contributed by atoms with Crippen molar-refractivity contribution in [1.82, 2.24) is 9.80 Å². The molecule has 4 nitrogen and oxygen atoms in total. The van der Waals surface area contributed by atoms with Gasteiger partial charge in [0.1, 0.15) is 0 Å². The van der Waals surface area contributed by atoms with Gasteiger partial charge in [-0.05, 0) is 43.8 Å². The van der Waals surface area contributed by atoms with E-state index in [1.807, 2.05) is 23.1 Å². The average molecular weight is 321 g/mol. The van der Waals surface area contributed by atoms with Crippen LogP contribution in [-0.4, -0.2) is 54.8 Å². The zero-order valence-corrected chi connectivity index (χ0v) is 14.7. The lowest BCUT2D eigenvalue weighted by molar-refractivity contribution is 0.218. The summed E-state index contributed by atoms with van der Waals surface area (Å²) in [6.07, 6.45) is 1.10. The van der Waals surface area contributed by atoms with Gasteiger partial charge in [-0.3, -0.25) is 0 Å². The van der Waals surface area contributed by atoms with Crippen molar-refractivity contribution in [1.29, 1.82) is 0 Å². The molecule has 0 spiro atoms. The molecule has 0 aliphatic carbocycles. The molecule has 1 aliphatic heterocycles. The van der Waals surface area contributed by atoms with Crippen LogP contribution in [0.15, 0.2) is 29.2 Å². The molecule has 1 aromatic carbocycles. The number of carbonyl (C=O) groups excluding carboxylic acids is 1. The van der Waals surface area contributed by atoms with E-state index in [0.29, 0.717) is 5.92 Å². The molecular weight excluding hydrogens is 294 g/mol. The zero-order valence-electron chi connectivity index (χ0n) is 13.8. The van der Waals surface area contributed by atoms with E-state index < -0.39 is 0 Å². The van der Waals surface area contributed by atoms with Crippen molar-refractivity contribution < 1.29 is 4.79 Å². The van der Waals surface area contributed by atoms with Crippen LogP contribution in [0.25, 0.3) is 0 Å². The fraction of sp³-hybridized carbons (Fsp3) is 0.588. The van der Waals surface area contributed by atoms with E-state index in [1.54, 1.807) is 11.8 Å². The first-order valence-corrected chi connectivity index (χ1v) is 9.08. The molecule has 5 heteroatoms. The highest BCUT2D eigenvalue weighted by molar-refractivity contribution is 7.99. The van der Waals surface area contributed by atoms with E-state index in [2.05, 4.69) is 37.2 Å². The Morgan fingerprint density at radius 3 is 2.91 bits per heavy atom. The lowest BCUT2D eigenvalue weighted by Crippen LogP contribution is -2.34. The molecule has 0 bridgehead atoms. The lowest BCUT2D eigenvalue weighted by Gasteiger charge is -2.21. The number of hydrogen-bond acceptors (Lipinski definition) is 3. The average Bonchev–Trinajstić information content (AvgIpc) is 2.98. The summed E-state index contributed by atoms with van der Waals surface area (Å²) < 4.78 is 0. The third-order valence-corrected chi connectivity index (χ3v) is 5.07. The minimum atomic E-state index is 0.0332. The van der Waals surface area contributed by atoms with Gasteiger partial charge in [0.2, 0.25) is 0 Å². The second kappa shape index (κ2) is 8.44. The summed E-state index contributed by atoms with van der Waals surface area (Å²) in [5.41, 5.74) is 0.925. The molecule has 1 unspecified atom stereocenters. The minimum absolute atomic E-state index is 0.0332. The summed E-state index contributed by atoms with van der Waals surface area (Å²) >= 11 is 1.76. The number of nitrogens with zero attached hydrogens (tertiary/aromatic N) is 2. The fourth-order valence-electron chi connectivity index (χ4n) is 2.78. The van der Waals surface area contributed by atoms with E-state index in [-0.39, 0.29) is 6.03 Å². The molecular formula is C17H27N3OS. The number of benzene rings is 1. The van der Waals surface area contributed by atoms with Crippen LogP contribution in [0.2, 0.25) is 0 Å². The van der Waals surface area contributed by atoms with E-state index in [0.717, 1.165) is 48.9 Å². The van der Waals surface area contributed by atoms with Crippen molar-refractivity contribution in [2.45, 2.75) is 25.2 Å². The number of anilines is 1. The molecule has 0 radical (unpaired) electrons. The number of nitrogens with one attached hydrogen (secondary N) is 1. The maximum atomic E-state index is 12.5. The molecule has 22 heavy (non-hydrogen) atoms. The first-order valence-electron chi connectivity index (χ1n) is 8.10. The SMILES string of the molecule is CCSc1ccccc1NC(=O)N1CCC(CN(C)CC)C1. The monoisotopic (exact) mass is 321 g/mol. The highest BCUT2D eigenvalue weighted by Crippen LogP contribution is 2.27. The maximum absolute atomic E-state index is 12.5. The Hall–Kier alpha value is -1.20. The highest BCUT2D eigenvalue weighted by atomic mass is 32.2. The number of likely N-dealkylation sites (tertiary alicyclic amines) is 1. The van der Waals surface area contributed by atoms with Gasteiger partial charge in [0, 0.05) is 24.5 Å². The molecule has 0 aromatic heterocycles. The summed E-state index contributed by atoms with van der Waals surface area (Å²) in [5, 5.41) is 3.08. The quantitative estimate of drug-likeness (QED) is 0.813. The summed E-state index contributed by atoms with van der Waals surface area (Å²) in [6.45, 7) is 8.14. The van der Waals surface area contributed by atoms with Crippen molar-refractivity contribution in [3.63, 3.8) is 0 Å². The lowest BCUT2D eigenvalue weighted by atomic mass is 10.1. The van der Waals surface area contributed by atoms with Gasteiger partial charge in [-0.1, -0.05) is 26.0 Å². The molecule has 1 heterocycles. The number of rotatable bonds is 6. The van der Waals surface area contributed by atoms with E-state index >= 15 is 0 Å². The molecule has 122 valence electrons. The van der Waals surface area contributed by atoms with Crippen LogP contribution in [0.3, 0.4) is 0 Å². The number of hydrogen-bond donors (Lipinski definition) is 1. The first kappa shape index (κ1) is 17.2. The van der Waals surface area contributed by atoms with Crippen LogP contribution in [0.5, 0.6) is 0 Å². The Balaban J connectivity index is 1.91. The largest absolute Gasteiger partial charge is 0.324 e. The highest BCUT2D eigenvalue weighted by Gasteiger charge is 2.27. The fourth-order valence-corrected chi connectivity index (χ4v) is 3.54. The summed E-state index contributed by atoms with van der Waals surface area (Å²) in [6, 6.07) is 8.06. The Morgan fingerprint density at radius 1 is 1.41 bits per heavy atom. The van der Waals surface area contributed by atoms with Crippen molar-refractivity contribution in [2.24, 2.45) is 5.92 Å². The van der Waals surface area contributed by atoms with Crippen LogP contribution < -0.4 is 5.32 Å². The Kier molecular flexibility index (Phi) is 6.58. The predicted molar refractivity (Wildman–Crippen MR) is 94.7 cm³/mol. The van der Waals surface area contributed by atoms with Gasteiger partial charge in [0.15, 0.2) is 0 Å². The molecule has 0 saturated carbocycles. The summed E-state index contributed by atoms with van der Waals surface area (Å²) in [7, 11) is 2.14. The van der Waals surface area contributed by atoms with E-state index in [9.17, 15) is 4.79 Å². The standard InChI is InChI=1S/C17H27N3OS/c1-4-19(3)12-14-10-11-20(13-14)17(21)18-15-8-6-7-9-16(15)22-5-2/h6-9,14H,4-5,10-13H2,1-3H3,(H,18,21). The molecule has 2 amide bonds. The van der Waals surface area contributed by atoms with Gasteiger partial charge in [0.05, 0.1) is 5.69 Å². The van der Waals surface area contributed by atoms with Crippen molar-refractivity contribution in [3.8, 4) is 0 Å². The van der Waals surface area contributed by atoms with Gasteiger partial charge < -0.3 is 15.1 Å². The molecule has 1 N–H and O–H groups in total. The van der Waals surface area contributed by atoms with Gasteiger partial charge in [0.25, 0.3) is 0 Å². The third-order valence-electron chi connectivity index (χ3n) is 4.11. The van der Waals surface area contributed by atoms with Crippen LogP contribution in [0, 0.1) is 5.92 Å². The van der Waals surface area contributed by atoms with Crippen molar-refractivity contribution >= 4 is 23.5 Å². The number of amides is 2. The summed E-state index contributed by atoms with van der Waals surface area (Å²) in [4.78, 5) is 17.9. The molecule has 1 atom stereocenters. The maximum Gasteiger partial charge on any atom is 0.321 e. The van der Waals surface area contributed by atoms with E-state index in [1.165, 1.54) is 0 Å². The number of urea groups is 1. The van der Waals surface area contributed by atoms with Gasteiger partial charge in [-0.25, -0.2) is 4.79 Å². The second-order valence-electron chi connectivity index (χ2n) is 5.81. The van der Waals surface area contributed by atoms with Crippen molar-refractivity contribution in [2.75, 3.05) is 44.3 Å². The summed E-state index contributed by atoms with van der Waals surface area (Å²) in [5.74, 6) is 1.60. The van der Waals surface area contributed by atoms with Crippen LogP contribution in [0.4, 0.5) is 10.5 Å². The molecule has 1 saturated heterocycles.